The first-order valence-corrected chi connectivity index (χ1v) is 7.35. The number of likely N-dealkylation sites (tertiary alicyclic amines) is 2. The SMILES string of the molecule is Cc1nnc(CN2CC[C@@]3(CCCN(C)C3=O)C2)n1C. The number of carbonyl (C=O) groups is 1. The van der Waals surface area contributed by atoms with E-state index in [1.165, 1.54) is 0 Å². The van der Waals surface area contributed by atoms with Crippen molar-refractivity contribution in [3.8, 4) is 0 Å². The van der Waals surface area contributed by atoms with Gasteiger partial charge in [0.15, 0.2) is 0 Å². The van der Waals surface area contributed by atoms with Crippen LogP contribution in [0.15, 0.2) is 0 Å². The molecule has 3 heterocycles. The Kier molecular flexibility index (Phi) is 3.28. The van der Waals surface area contributed by atoms with Crippen LogP contribution in [-0.4, -0.2) is 57.2 Å². The van der Waals surface area contributed by atoms with Gasteiger partial charge in [0.05, 0.1) is 12.0 Å². The lowest BCUT2D eigenvalue weighted by molar-refractivity contribution is -0.143. The van der Waals surface area contributed by atoms with Crippen molar-refractivity contribution in [3.05, 3.63) is 11.6 Å². The molecule has 6 heteroatoms. The summed E-state index contributed by atoms with van der Waals surface area (Å²) in [5.41, 5.74) is -0.138. The molecule has 2 saturated heterocycles. The summed E-state index contributed by atoms with van der Waals surface area (Å²) in [4.78, 5) is 16.7. The Bertz CT molecular complexity index is 526. The van der Waals surface area contributed by atoms with Crippen LogP contribution in [0.2, 0.25) is 0 Å². The van der Waals surface area contributed by atoms with Gasteiger partial charge in [-0.25, -0.2) is 0 Å². The molecule has 2 aliphatic heterocycles. The second-order valence-electron chi connectivity index (χ2n) is 6.29. The van der Waals surface area contributed by atoms with Crippen LogP contribution in [0.4, 0.5) is 0 Å². The van der Waals surface area contributed by atoms with Gasteiger partial charge in [-0.05, 0) is 32.7 Å². The van der Waals surface area contributed by atoms with Crippen LogP contribution >= 0.6 is 0 Å². The second-order valence-corrected chi connectivity index (χ2v) is 6.29. The van der Waals surface area contributed by atoms with Crippen LogP contribution in [0.5, 0.6) is 0 Å². The minimum Gasteiger partial charge on any atom is -0.345 e. The zero-order chi connectivity index (χ0) is 14.3. The Morgan fingerprint density at radius 3 is 2.70 bits per heavy atom. The van der Waals surface area contributed by atoms with Crippen LogP contribution in [0.3, 0.4) is 0 Å². The van der Waals surface area contributed by atoms with Gasteiger partial charge in [-0.15, -0.1) is 10.2 Å². The van der Waals surface area contributed by atoms with Crippen molar-refractivity contribution in [1.82, 2.24) is 24.6 Å². The third-order valence-electron chi connectivity index (χ3n) is 4.93. The third kappa shape index (κ3) is 2.12. The van der Waals surface area contributed by atoms with E-state index in [2.05, 4.69) is 15.1 Å². The molecule has 0 aliphatic carbocycles. The van der Waals surface area contributed by atoms with Crippen molar-refractivity contribution >= 4 is 5.91 Å². The zero-order valence-corrected chi connectivity index (χ0v) is 12.6. The van der Waals surface area contributed by atoms with Crippen molar-refractivity contribution in [2.45, 2.75) is 32.7 Å². The van der Waals surface area contributed by atoms with Gasteiger partial charge in [0.1, 0.15) is 11.6 Å². The fourth-order valence-electron chi connectivity index (χ4n) is 3.53. The van der Waals surface area contributed by atoms with Crippen LogP contribution < -0.4 is 0 Å². The number of rotatable bonds is 2. The lowest BCUT2D eigenvalue weighted by Gasteiger charge is -2.37. The summed E-state index contributed by atoms with van der Waals surface area (Å²) < 4.78 is 2.03. The summed E-state index contributed by atoms with van der Waals surface area (Å²) in [5, 5.41) is 8.32. The van der Waals surface area contributed by atoms with Crippen molar-refractivity contribution in [1.29, 1.82) is 0 Å². The van der Waals surface area contributed by atoms with Crippen LogP contribution in [0.25, 0.3) is 0 Å². The largest absolute Gasteiger partial charge is 0.345 e. The molecule has 110 valence electrons. The fourth-order valence-corrected chi connectivity index (χ4v) is 3.53. The van der Waals surface area contributed by atoms with E-state index >= 15 is 0 Å². The van der Waals surface area contributed by atoms with Gasteiger partial charge < -0.3 is 9.47 Å². The molecule has 0 unspecified atom stereocenters. The standard InChI is InChI=1S/C14H23N5O/c1-11-15-16-12(18(11)3)9-19-8-6-14(10-19)5-4-7-17(2)13(14)20/h4-10H2,1-3H3/t14-/m0/s1. The summed E-state index contributed by atoms with van der Waals surface area (Å²) in [5.74, 6) is 2.25. The van der Waals surface area contributed by atoms with E-state index in [9.17, 15) is 4.79 Å². The van der Waals surface area contributed by atoms with Gasteiger partial charge in [-0.1, -0.05) is 0 Å². The van der Waals surface area contributed by atoms with Gasteiger partial charge >= 0.3 is 0 Å². The van der Waals surface area contributed by atoms with E-state index in [1.807, 2.05) is 30.5 Å². The molecular formula is C14H23N5O. The zero-order valence-electron chi connectivity index (χ0n) is 12.6. The summed E-state index contributed by atoms with van der Waals surface area (Å²) in [7, 11) is 3.92. The van der Waals surface area contributed by atoms with E-state index in [4.69, 9.17) is 0 Å². The molecule has 1 atom stereocenters. The van der Waals surface area contributed by atoms with Crippen molar-refractivity contribution in [2.75, 3.05) is 26.7 Å². The molecule has 0 bridgehead atoms. The number of nitrogens with zero attached hydrogens (tertiary/aromatic N) is 5. The highest BCUT2D eigenvalue weighted by Crippen LogP contribution is 2.39. The molecule has 0 radical (unpaired) electrons. The van der Waals surface area contributed by atoms with Crippen molar-refractivity contribution in [2.24, 2.45) is 12.5 Å². The van der Waals surface area contributed by atoms with E-state index in [1.54, 1.807) is 0 Å². The normalized spacial score (nSPS) is 27.8. The maximum Gasteiger partial charge on any atom is 0.229 e. The van der Waals surface area contributed by atoms with E-state index < -0.39 is 0 Å². The first-order valence-electron chi connectivity index (χ1n) is 7.35. The fraction of sp³-hybridized carbons (Fsp3) is 0.786. The van der Waals surface area contributed by atoms with Crippen LogP contribution in [-0.2, 0) is 18.4 Å². The molecule has 6 nitrogen and oxygen atoms in total. The van der Waals surface area contributed by atoms with E-state index in [0.29, 0.717) is 5.91 Å². The summed E-state index contributed by atoms with van der Waals surface area (Å²) in [6.45, 7) is 5.49. The number of aromatic nitrogens is 3. The Hall–Kier alpha value is -1.43. The Morgan fingerprint density at radius 1 is 1.20 bits per heavy atom. The molecule has 2 aliphatic rings. The molecule has 0 N–H and O–H groups in total. The van der Waals surface area contributed by atoms with Crippen molar-refractivity contribution < 1.29 is 4.79 Å². The molecule has 20 heavy (non-hydrogen) atoms. The second kappa shape index (κ2) is 4.84. The highest BCUT2D eigenvalue weighted by Gasteiger charge is 2.47. The Morgan fingerprint density at radius 2 is 2.00 bits per heavy atom. The van der Waals surface area contributed by atoms with Gasteiger partial charge in [0, 0.05) is 27.2 Å². The minimum absolute atomic E-state index is 0.138. The lowest BCUT2D eigenvalue weighted by Crippen LogP contribution is -2.48. The molecule has 0 aromatic carbocycles. The molecule has 3 rings (SSSR count). The predicted molar refractivity (Wildman–Crippen MR) is 74.9 cm³/mol. The molecule has 0 saturated carbocycles. The monoisotopic (exact) mass is 277 g/mol. The number of aryl methyl sites for hydroxylation is 1. The Labute approximate surface area is 119 Å². The molecule has 2 fully saturated rings. The molecule has 1 amide bonds. The topological polar surface area (TPSA) is 54.3 Å². The number of hydrogen-bond acceptors (Lipinski definition) is 4. The number of amides is 1. The smallest absolute Gasteiger partial charge is 0.229 e. The average molecular weight is 277 g/mol. The first-order chi connectivity index (χ1) is 9.52. The first kappa shape index (κ1) is 13.5. The highest BCUT2D eigenvalue weighted by molar-refractivity contribution is 5.83. The van der Waals surface area contributed by atoms with E-state index in [0.717, 1.165) is 57.1 Å². The quantitative estimate of drug-likeness (QED) is 0.793. The lowest BCUT2D eigenvalue weighted by atomic mass is 9.78. The molecule has 1 aromatic rings. The van der Waals surface area contributed by atoms with E-state index in [-0.39, 0.29) is 5.41 Å². The maximum atomic E-state index is 12.5. The average Bonchev–Trinajstić information content (AvgIpc) is 2.96. The predicted octanol–water partition coefficient (Wildman–Crippen LogP) is 0.568. The van der Waals surface area contributed by atoms with Gasteiger partial charge in [0.2, 0.25) is 5.91 Å². The van der Waals surface area contributed by atoms with Gasteiger partial charge in [-0.2, -0.15) is 0 Å². The Balaban J connectivity index is 1.70. The molecular weight excluding hydrogens is 254 g/mol. The number of hydrogen-bond donors (Lipinski definition) is 0. The summed E-state index contributed by atoms with van der Waals surface area (Å²) >= 11 is 0. The van der Waals surface area contributed by atoms with Crippen LogP contribution in [0.1, 0.15) is 30.9 Å². The molecule has 1 spiro atoms. The third-order valence-corrected chi connectivity index (χ3v) is 4.93. The van der Waals surface area contributed by atoms with Gasteiger partial charge in [0.25, 0.3) is 0 Å². The summed E-state index contributed by atoms with van der Waals surface area (Å²) in [6.07, 6.45) is 3.14. The maximum absolute atomic E-state index is 12.5. The van der Waals surface area contributed by atoms with Gasteiger partial charge in [-0.3, -0.25) is 9.69 Å². The highest BCUT2D eigenvalue weighted by atomic mass is 16.2. The minimum atomic E-state index is -0.138. The van der Waals surface area contributed by atoms with Crippen molar-refractivity contribution in [3.63, 3.8) is 0 Å². The number of carbonyl (C=O) groups excluding carboxylic acids is 1. The summed E-state index contributed by atoms with van der Waals surface area (Å²) in [6, 6.07) is 0. The molecule has 1 aromatic heterocycles. The number of piperidine rings is 1. The van der Waals surface area contributed by atoms with Crippen LogP contribution in [0, 0.1) is 12.3 Å².